The lowest BCUT2D eigenvalue weighted by molar-refractivity contribution is 0.0303. The van der Waals surface area contributed by atoms with Crippen LogP contribution in [-0.2, 0) is 4.74 Å². The van der Waals surface area contributed by atoms with Crippen molar-refractivity contribution in [2.45, 2.75) is 6.92 Å². The van der Waals surface area contributed by atoms with Crippen LogP contribution in [0.5, 0.6) is 0 Å². The van der Waals surface area contributed by atoms with Gasteiger partial charge in [-0.3, -0.25) is 4.79 Å². The quantitative estimate of drug-likeness (QED) is 0.480. The molecule has 0 unspecified atom stereocenters. The Morgan fingerprint density at radius 1 is 1.12 bits per heavy atom. The van der Waals surface area contributed by atoms with Crippen LogP contribution in [0.2, 0.25) is 0 Å². The first-order chi connectivity index (χ1) is 15.6. The van der Waals surface area contributed by atoms with Crippen LogP contribution in [0.4, 0.5) is 17.2 Å². The van der Waals surface area contributed by atoms with Crippen molar-refractivity contribution in [1.29, 1.82) is 0 Å². The van der Waals surface area contributed by atoms with Gasteiger partial charge in [-0.1, -0.05) is 12.1 Å². The van der Waals surface area contributed by atoms with Gasteiger partial charge in [0.05, 0.1) is 13.2 Å². The summed E-state index contributed by atoms with van der Waals surface area (Å²) >= 11 is 0. The van der Waals surface area contributed by atoms with E-state index < -0.39 is 0 Å². The van der Waals surface area contributed by atoms with Gasteiger partial charge >= 0.3 is 0 Å². The maximum absolute atomic E-state index is 12.7. The summed E-state index contributed by atoms with van der Waals surface area (Å²) in [6.45, 7) is 4.33. The van der Waals surface area contributed by atoms with Crippen molar-refractivity contribution in [2.24, 2.45) is 0 Å². The van der Waals surface area contributed by atoms with Crippen molar-refractivity contribution in [3.63, 3.8) is 0 Å². The van der Waals surface area contributed by atoms with E-state index in [-0.39, 0.29) is 5.91 Å². The lowest BCUT2D eigenvalue weighted by Gasteiger charge is -2.26. The number of amides is 1. The minimum atomic E-state index is 0.0111. The smallest absolute Gasteiger partial charge is 0.254 e. The zero-order valence-corrected chi connectivity index (χ0v) is 17.7. The molecule has 4 aromatic rings. The Kier molecular flexibility index (Phi) is 5.16. The fourth-order valence-electron chi connectivity index (χ4n) is 3.70. The molecule has 3 N–H and O–H groups in total. The predicted octanol–water partition coefficient (Wildman–Crippen LogP) is 2.90. The number of aromatic nitrogens is 4. The van der Waals surface area contributed by atoms with E-state index in [1.165, 1.54) is 0 Å². The first kappa shape index (κ1) is 20.0. The van der Waals surface area contributed by atoms with Crippen LogP contribution in [0.15, 0.2) is 54.9 Å². The maximum atomic E-state index is 12.7. The van der Waals surface area contributed by atoms with Crippen molar-refractivity contribution in [3.8, 4) is 11.4 Å². The Morgan fingerprint density at radius 3 is 2.69 bits per heavy atom. The number of hydrogen-bond donors (Lipinski definition) is 2. The molecule has 5 rings (SSSR count). The number of morpholine rings is 1. The summed E-state index contributed by atoms with van der Waals surface area (Å²) in [5, 5.41) is 7.90. The second-order valence-electron chi connectivity index (χ2n) is 7.61. The molecule has 1 saturated heterocycles. The molecule has 9 nitrogen and oxygen atoms in total. The highest BCUT2D eigenvalue weighted by Gasteiger charge is 2.19. The summed E-state index contributed by atoms with van der Waals surface area (Å²) in [5.41, 5.74) is 10.6. The zero-order valence-electron chi connectivity index (χ0n) is 17.7. The summed E-state index contributed by atoms with van der Waals surface area (Å²) in [5.74, 6) is 1.12. The normalized spacial score (nSPS) is 14.0. The van der Waals surface area contributed by atoms with Gasteiger partial charge in [0.2, 0.25) is 0 Å². The number of nitrogens with one attached hydrogen (secondary N) is 1. The van der Waals surface area contributed by atoms with Crippen molar-refractivity contribution in [2.75, 3.05) is 37.4 Å². The number of nitrogens with zero attached hydrogens (tertiary/aromatic N) is 5. The van der Waals surface area contributed by atoms with Crippen LogP contribution in [-0.4, -0.2) is 56.7 Å². The van der Waals surface area contributed by atoms with Gasteiger partial charge in [-0.15, -0.1) is 5.10 Å². The number of benzene rings is 2. The number of carbonyl (C=O) groups is 1. The molecule has 0 atom stereocenters. The number of fused-ring (bicyclic) bond motifs is 1. The summed E-state index contributed by atoms with van der Waals surface area (Å²) < 4.78 is 7.01. The molecule has 0 aliphatic carbocycles. The van der Waals surface area contributed by atoms with Crippen LogP contribution in [0.3, 0.4) is 0 Å². The van der Waals surface area contributed by atoms with E-state index in [0.717, 1.165) is 16.8 Å². The average Bonchev–Trinajstić information content (AvgIpc) is 3.31. The minimum absolute atomic E-state index is 0.0111. The number of rotatable bonds is 4. The third-order valence-corrected chi connectivity index (χ3v) is 5.56. The number of ether oxygens (including phenoxy) is 1. The van der Waals surface area contributed by atoms with Crippen molar-refractivity contribution in [3.05, 3.63) is 66.0 Å². The molecule has 9 heteroatoms. The SMILES string of the molecule is Cc1c(N)cccc1-c1nc(Nc2ccc(C(=O)N3CCOCC3)cc2)c2nccn2n1. The maximum Gasteiger partial charge on any atom is 0.254 e. The molecule has 1 fully saturated rings. The van der Waals surface area contributed by atoms with Crippen molar-refractivity contribution in [1.82, 2.24) is 24.5 Å². The summed E-state index contributed by atoms with van der Waals surface area (Å²) in [6, 6.07) is 13.0. The molecule has 2 aromatic heterocycles. The Hall–Kier alpha value is -3.98. The summed E-state index contributed by atoms with van der Waals surface area (Å²) in [4.78, 5) is 23.6. The molecule has 1 aliphatic rings. The van der Waals surface area contributed by atoms with E-state index in [0.29, 0.717) is 54.8 Å². The number of imidazole rings is 1. The highest BCUT2D eigenvalue weighted by molar-refractivity contribution is 5.94. The highest BCUT2D eigenvalue weighted by atomic mass is 16.5. The van der Waals surface area contributed by atoms with Crippen LogP contribution in [0.25, 0.3) is 17.0 Å². The van der Waals surface area contributed by atoms with Crippen molar-refractivity contribution >= 4 is 28.7 Å². The number of carbonyl (C=O) groups excluding carboxylic acids is 1. The number of hydrogen-bond acceptors (Lipinski definition) is 7. The molecular formula is C23H23N7O2. The van der Waals surface area contributed by atoms with Crippen LogP contribution >= 0.6 is 0 Å². The fourth-order valence-corrected chi connectivity index (χ4v) is 3.70. The second-order valence-corrected chi connectivity index (χ2v) is 7.61. The van der Waals surface area contributed by atoms with E-state index in [4.69, 9.17) is 15.5 Å². The Balaban J connectivity index is 1.44. The van der Waals surface area contributed by atoms with Gasteiger partial charge in [-0.25, -0.2) is 14.5 Å². The van der Waals surface area contributed by atoms with Crippen LogP contribution in [0.1, 0.15) is 15.9 Å². The largest absolute Gasteiger partial charge is 0.398 e. The molecule has 32 heavy (non-hydrogen) atoms. The lowest BCUT2D eigenvalue weighted by atomic mass is 10.1. The van der Waals surface area contributed by atoms with Gasteiger partial charge in [0.1, 0.15) is 0 Å². The number of nitrogen functional groups attached to an aromatic ring is 1. The highest BCUT2D eigenvalue weighted by Crippen LogP contribution is 2.27. The van der Waals surface area contributed by atoms with E-state index >= 15 is 0 Å². The van der Waals surface area contributed by atoms with Crippen molar-refractivity contribution < 1.29 is 9.53 Å². The summed E-state index contributed by atoms with van der Waals surface area (Å²) in [6.07, 6.45) is 3.45. The molecule has 0 radical (unpaired) electrons. The van der Waals surface area contributed by atoms with E-state index in [9.17, 15) is 4.79 Å². The van der Waals surface area contributed by atoms with Gasteiger partial charge < -0.3 is 20.7 Å². The predicted molar refractivity (Wildman–Crippen MR) is 122 cm³/mol. The monoisotopic (exact) mass is 429 g/mol. The van der Waals surface area contributed by atoms with Gasteiger partial charge in [0.15, 0.2) is 17.3 Å². The fraction of sp³-hybridized carbons (Fsp3) is 0.217. The van der Waals surface area contributed by atoms with Gasteiger partial charge in [0.25, 0.3) is 5.91 Å². The second kappa shape index (κ2) is 8.27. The Bertz CT molecular complexity index is 1280. The third-order valence-electron chi connectivity index (χ3n) is 5.56. The number of anilines is 3. The molecule has 1 amide bonds. The lowest BCUT2D eigenvalue weighted by Crippen LogP contribution is -2.40. The Labute approximate surface area is 184 Å². The molecule has 0 saturated carbocycles. The van der Waals surface area contributed by atoms with Crippen LogP contribution in [0, 0.1) is 6.92 Å². The molecule has 0 spiro atoms. The van der Waals surface area contributed by atoms with Crippen LogP contribution < -0.4 is 11.1 Å². The molecule has 162 valence electrons. The first-order valence-electron chi connectivity index (χ1n) is 10.4. The van der Waals surface area contributed by atoms with E-state index in [1.807, 2.05) is 54.3 Å². The molecule has 2 aromatic carbocycles. The van der Waals surface area contributed by atoms with Gasteiger partial charge in [-0.2, -0.15) is 0 Å². The molecule has 3 heterocycles. The van der Waals surface area contributed by atoms with E-state index in [2.05, 4.69) is 15.4 Å². The first-order valence-corrected chi connectivity index (χ1v) is 10.4. The Morgan fingerprint density at radius 2 is 1.91 bits per heavy atom. The van der Waals surface area contributed by atoms with Gasteiger partial charge in [0, 0.05) is 48.0 Å². The minimum Gasteiger partial charge on any atom is -0.398 e. The average molecular weight is 429 g/mol. The topological polar surface area (TPSA) is 111 Å². The summed E-state index contributed by atoms with van der Waals surface area (Å²) in [7, 11) is 0. The van der Waals surface area contributed by atoms with Gasteiger partial charge in [-0.05, 0) is 42.8 Å². The molecular weight excluding hydrogens is 406 g/mol. The number of nitrogens with two attached hydrogens (primary N) is 1. The third kappa shape index (κ3) is 3.74. The van der Waals surface area contributed by atoms with E-state index in [1.54, 1.807) is 16.9 Å². The molecule has 0 bridgehead atoms. The molecule has 1 aliphatic heterocycles. The standard InChI is InChI=1S/C23H23N7O2/c1-15-18(3-2-4-19(15)24)20-27-21(22-25-9-10-30(22)28-20)26-17-7-5-16(6-8-17)23(31)29-11-13-32-14-12-29/h2-10H,11-14,24H2,1H3,(H,26,27,28). The zero-order chi connectivity index (χ0) is 22.1.